The van der Waals surface area contributed by atoms with Crippen LogP contribution in [0.15, 0.2) is 77.8 Å². The van der Waals surface area contributed by atoms with E-state index in [1.807, 2.05) is 24.3 Å². The van der Waals surface area contributed by atoms with Crippen LogP contribution in [-0.4, -0.2) is 37.7 Å². The molecule has 0 atom stereocenters. The molecule has 0 amide bonds. The molecule has 1 fully saturated rings. The van der Waals surface area contributed by atoms with E-state index in [0.29, 0.717) is 42.6 Å². The topological polar surface area (TPSA) is 126 Å². The summed E-state index contributed by atoms with van der Waals surface area (Å²) >= 11 is 0. The van der Waals surface area contributed by atoms with Crippen molar-refractivity contribution in [2.24, 2.45) is 28.3 Å². The standard InChI is InChI=1S/C31H34FN3O5/c32-26-12-16-27(17-13-26)38-18-1-19-39-29(36)24-8-6-22(7-9-24)23-10-14-28(15-11-23)40-30(37)25-4-2-21(3-5-25)20-35-31(33)34/h6-17,21,25H,1-5,18-20H2,(H4,33,34,35). The Labute approximate surface area is 233 Å². The zero-order chi connectivity index (χ0) is 28.3. The van der Waals surface area contributed by atoms with E-state index in [2.05, 4.69) is 4.99 Å². The molecule has 0 spiro atoms. The lowest BCUT2D eigenvalue weighted by atomic mass is 9.82. The minimum atomic E-state index is -0.416. The molecular weight excluding hydrogens is 513 g/mol. The van der Waals surface area contributed by atoms with Gasteiger partial charge in [-0.1, -0.05) is 24.3 Å². The molecule has 1 aliphatic rings. The minimum Gasteiger partial charge on any atom is -0.493 e. The van der Waals surface area contributed by atoms with Gasteiger partial charge in [-0.15, -0.1) is 0 Å². The zero-order valence-electron chi connectivity index (χ0n) is 22.3. The van der Waals surface area contributed by atoms with Crippen LogP contribution in [0.2, 0.25) is 0 Å². The highest BCUT2D eigenvalue weighted by Gasteiger charge is 2.27. The second-order valence-corrected chi connectivity index (χ2v) is 9.80. The van der Waals surface area contributed by atoms with Gasteiger partial charge in [-0.2, -0.15) is 0 Å². The van der Waals surface area contributed by atoms with Crippen LogP contribution in [0.1, 0.15) is 42.5 Å². The molecule has 0 unspecified atom stereocenters. The number of hydrogen-bond acceptors (Lipinski definition) is 6. The van der Waals surface area contributed by atoms with Crippen molar-refractivity contribution in [1.29, 1.82) is 0 Å². The summed E-state index contributed by atoms with van der Waals surface area (Å²) in [5, 5.41) is 0. The number of rotatable bonds is 11. The van der Waals surface area contributed by atoms with Gasteiger partial charge in [0.2, 0.25) is 0 Å². The van der Waals surface area contributed by atoms with Crippen LogP contribution >= 0.6 is 0 Å². The van der Waals surface area contributed by atoms with E-state index in [9.17, 15) is 14.0 Å². The van der Waals surface area contributed by atoms with Crippen LogP contribution < -0.4 is 20.9 Å². The summed E-state index contributed by atoms with van der Waals surface area (Å²) in [6, 6.07) is 20.2. The molecule has 0 heterocycles. The van der Waals surface area contributed by atoms with Crippen molar-refractivity contribution in [3.05, 3.63) is 84.2 Å². The van der Waals surface area contributed by atoms with Gasteiger partial charge in [0.15, 0.2) is 5.96 Å². The number of carbonyl (C=O) groups excluding carboxylic acids is 2. The molecule has 0 aliphatic heterocycles. The fourth-order valence-electron chi connectivity index (χ4n) is 4.56. The first-order valence-corrected chi connectivity index (χ1v) is 13.4. The van der Waals surface area contributed by atoms with Crippen LogP contribution in [-0.2, 0) is 9.53 Å². The average molecular weight is 548 g/mol. The summed E-state index contributed by atoms with van der Waals surface area (Å²) in [5.74, 6) is 0.489. The fraction of sp³-hybridized carbons (Fsp3) is 0.323. The summed E-state index contributed by atoms with van der Waals surface area (Å²) in [6.45, 7) is 1.16. The number of carbonyl (C=O) groups is 2. The van der Waals surface area contributed by atoms with E-state index in [1.54, 1.807) is 36.4 Å². The summed E-state index contributed by atoms with van der Waals surface area (Å²) < 4.78 is 29.4. The van der Waals surface area contributed by atoms with Crippen molar-refractivity contribution >= 4 is 17.9 Å². The van der Waals surface area contributed by atoms with Crippen molar-refractivity contribution in [3.8, 4) is 22.6 Å². The first kappa shape index (κ1) is 28.6. The third kappa shape index (κ3) is 8.56. The Hall–Kier alpha value is -4.40. The van der Waals surface area contributed by atoms with Crippen molar-refractivity contribution in [3.63, 3.8) is 0 Å². The molecule has 8 nitrogen and oxygen atoms in total. The van der Waals surface area contributed by atoms with E-state index in [0.717, 1.165) is 36.8 Å². The number of halogens is 1. The highest BCUT2D eigenvalue weighted by Crippen LogP contribution is 2.31. The Kier molecular flexibility index (Phi) is 10.1. The van der Waals surface area contributed by atoms with Crippen molar-refractivity contribution in [2.45, 2.75) is 32.1 Å². The van der Waals surface area contributed by atoms with Gasteiger partial charge < -0.3 is 25.7 Å². The smallest absolute Gasteiger partial charge is 0.338 e. The van der Waals surface area contributed by atoms with Crippen molar-refractivity contribution in [2.75, 3.05) is 19.8 Å². The highest BCUT2D eigenvalue weighted by molar-refractivity contribution is 5.90. The van der Waals surface area contributed by atoms with Crippen LogP contribution in [0.3, 0.4) is 0 Å². The van der Waals surface area contributed by atoms with Gasteiger partial charge in [-0.3, -0.25) is 9.79 Å². The van der Waals surface area contributed by atoms with E-state index < -0.39 is 5.97 Å². The Morgan fingerprint density at radius 3 is 2.02 bits per heavy atom. The largest absolute Gasteiger partial charge is 0.493 e. The van der Waals surface area contributed by atoms with Crippen molar-refractivity contribution in [1.82, 2.24) is 0 Å². The number of aliphatic imine (C=N–C) groups is 1. The lowest BCUT2D eigenvalue weighted by Gasteiger charge is -2.26. The minimum absolute atomic E-state index is 0.0989. The van der Waals surface area contributed by atoms with Gasteiger partial charge in [0, 0.05) is 13.0 Å². The second kappa shape index (κ2) is 14.1. The maximum atomic E-state index is 12.9. The number of nitrogens with zero attached hydrogens (tertiary/aromatic N) is 1. The quantitative estimate of drug-likeness (QED) is 0.112. The summed E-state index contributed by atoms with van der Waals surface area (Å²) in [5.41, 5.74) is 13.1. The Morgan fingerprint density at radius 2 is 1.40 bits per heavy atom. The average Bonchev–Trinajstić information content (AvgIpc) is 2.97. The highest BCUT2D eigenvalue weighted by atomic mass is 19.1. The molecule has 1 saturated carbocycles. The molecule has 3 aromatic carbocycles. The maximum Gasteiger partial charge on any atom is 0.338 e. The van der Waals surface area contributed by atoms with Crippen LogP contribution in [0, 0.1) is 17.7 Å². The van der Waals surface area contributed by atoms with Gasteiger partial charge in [0.25, 0.3) is 0 Å². The van der Waals surface area contributed by atoms with E-state index in [-0.39, 0.29) is 30.3 Å². The predicted octanol–water partition coefficient (Wildman–Crippen LogP) is 5.10. The molecule has 4 N–H and O–H groups in total. The van der Waals surface area contributed by atoms with Gasteiger partial charge in [0.1, 0.15) is 17.3 Å². The lowest BCUT2D eigenvalue weighted by Crippen LogP contribution is -2.28. The van der Waals surface area contributed by atoms with Gasteiger partial charge >= 0.3 is 11.9 Å². The normalized spacial score (nSPS) is 16.5. The third-order valence-electron chi connectivity index (χ3n) is 6.84. The first-order valence-electron chi connectivity index (χ1n) is 13.4. The number of hydrogen-bond donors (Lipinski definition) is 2. The zero-order valence-corrected chi connectivity index (χ0v) is 22.3. The Morgan fingerprint density at radius 1 is 0.800 bits per heavy atom. The van der Waals surface area contributed by atoms with E-state index in [4.69, 9.17) is 25.7 Å². The predicted molar refractivity (Wildman–Crippen MR) is 150 cm³/mol. The molecule has 0 aromatic heterocycles. The van der Waals surface area contributed by atoms with E-state index >= 15 is 0 Å². The number of ether oxygens (including phenoxy) is 3. The molecule has 9 heteroatoms. The van der Waals surface area contributed by atoms with Gasteiger partial charge in [0.05, 0.1) is 24.7 Å². The Balaban J connectivity index is 1.19. The number of nitrogens with two attached hydrogens (primary N) is 2. The van der Waals surface area contributed by atoms with Crippen LogP contribution in [0.5, 0.6) is 11.5 Å². The maximum absolute atomic E-state index is 12.9. The number of guanidine groups is 1. The third-order valence-corrected chi connectivity index (χ3v) is 6.84. The molecule has 210 valence electrons. The van der Waals surface area contributed by atoms with Crippen LogP contribution in [0.4, 0.5) is 4.39 Å². The number of benzene rings is 3. The Bertz CT molecular complexity index is 1280. The molecule has 4 rings (SSSR count). The first-order chi connectivity index (χ1) is 19.4. The van der Waals surface area contributed by atoms with E-state index in [1.165, 1.54) is 12.1 Å². The number of esters is 2. The van der Waals surface area contributed by atoms with Crippen molar-refractivity contribution < 1.29 is 28.2 Å². The molecule has 1 aliphatic carbocycles. The molecular formula is C31H34FN3O5. The molecule has 40 heavy (non-hydrogen) atoms. The van der Waals surface area contributed by atoms with Gasteiger partial charge in [-0.25, -0.2) is 9.18 Å². The second-order valence-electron chi connectivity index (χ2n) is 9.80. The summed E-state index contributed by atoms with van der Waals surface area (Å²) in [7, 11) is 0. The summed E-state index contributed by atoms with van der Waals surface area (Å²) in [4.78, 5) is 29.1. The van der Waals surface area contributed by atoms with Gasteiger partial charge in [-0.05, 0) is 91.3 Å². The monoisotopic (exact) mass is 547 g/mol. The molecule has 0 bridgehead atoms. The molecule has 0 radical (unpaired) electrons. The summed E-state index contributed by atoms with van der Waals surface area (Å²) in [6.07, 6.45) is 3.83. The molecule has 0 saturated heterocycles. The fourth-order valence-corrected chi connectivity index (χ4v) is 4.56. The molecule has 3 aromatic rings. The SMILES string of the molecule is NC(N)=NCC1CCC(C(=O)Oc2ccc(-c3ccc(C(=O)OCCCOc4ccc(F)cc4)cc3)cc2)CC1. The van der Waals surface area contributed by atoms with Crippen LogP contribution in [0.25, 0.3) is 11.1 Å². The lowest BCUT2D eigenvalue weighted by molar-refractivity contribution is -0.140.